The maximum absolute atomic E-state index is 12.0. The minimum atomic E-state index is -0.123. The lowest BCUT2D eigenvalue weighted by Crippen LogP contribution is -2.32. The van der Waals surface area contributed by atoms with Crippen LogP contribution in [0.15, 0.2) is 12.5 Å². The van der Waals surface area contributed by atoms with Crippen LogP contribution in [0, 0.1) is 6.92 Å². The third kappa shape index (κ3) is 2.11. The summed E-state index contributed by atoms with van der Waals surface area (Å²) >= 11 is 0. The van der Waals surface area contributed by atoms with Crippen molar-refractivity contribution in [3.63, 3.8) is 0 Å². The fourth-order valence-corrected chi connectivity index (χ4v) is 1.52. The first-order chi connectivity index (χ1) is 8.13. The van der Waals surface area contributed by atoms with Crippen molar-refractivity contribution in [1.29, 1.82) is 0 Å². The molecule has 6 nitrogen and oxygen atoms in total. The summed E-state index contributed by atoms with van der Waals surface area (Å²) in [5, 5.41) is 6.93. The molecule has 6 heteroatoms. The monoisotopic (exact) mass is 233 g/mol. The third-order valence-corrected chi connectivity index (χ3v) is 2.78. The first-order valence-electron chi connectivity index (χ1n) is 5.59. The zero-order chi connectivity index (χ0) is 12.4. The van der Waals surface area contributed by atoms with Crippen LogP contribution in [0.4, 0.5) is 0 Å². The number of amides is 1. The molecule has 1 atom stereocenters. The van der Waals surface area contributed by atoms with Gasteiger partial charge in [0.05, 0.1) is 11.3 Å². The summed E-state index contributed by atoms with van der Waals surface area (Å²) in [7, 11) is 0. The number of carbonyl (C=O) groups is 1. The highest BCUT2D eigenvalue weighted by Crippen LogP contribution is 2.07. The molecule has 2 heterocycles. The fourth-order valence-electron chi connectivity index (χ4n) is 1.52. The average Bonchev–Trinajstić information content (AvgIpc) is 2.78. The maximum Gasteiger partial charge on any atom is 0.254 e. The molecule has 1 amide bonds. The van der Waals surface area contributed by atoms with Gasteiger partial charge >= 0.3 is 0 Å². The van der Waals surface area contributed by atoms with Crippen LogP contribution >= 0.6 is 0 Å². The van der Waals surface area contributed by atoms with E-state index in [4.69, 9.17) is 0 Å². The molecule has 1 unspecified atom stereocenters. The minimum Gasteiger partial charge on any atom is -0.349 e. The van der Waals surface area contributed by atoms with Crippen molar-refractivity contribution >= 4 is 11.7 Å². The Morgan fingerprint density at radius 1 is 1.53 bits per heavy atom. The second-order valence-electron chi connectivity index (χ2n) is 4.01. The normalized spacial score (nSPS) is 12.6. The summed E-state index contributed by atoms with van der Waals surface area (Å²) in [6.07, 6.45) is 3.85. The van der Waals surface area contributed by atoms with Crippen LogP contribution in [0.3, 0.4) is 0 Å². The molecule has 0 fully saturated rings. The molecule has 0 saturated heterocycles. The molecule has 0 aliphatic carbocycles. The van der Waals surface area contributed by atoms with E-state index in [1.807, 2.05) is 20.8 Å². The van der Waals surface area contributed by atoms with Crippen LogP contribution in [-0.4, -0.2) is 31.5 Å². The Balaban J connectivity index is 2.35. The summed E-state index contributed by atoms with van der Waals surface area (Å²) in [4.78, 5) is 20.0. The Morgan fingerprint density at radius 2 is 2.29 bits per heavy atom. The number of aryl methyl sites for hydroxylation is 1. The summed E-state index contributed by atoms with van der Waals surface area (Å²) in [6, 6.07) is 0.147. The lowest BCUT2D eigenvalue weighted by molar-refractivity contribution is 0.0937. The van der Waals surface area contributed by atoms with Gasteiger partial charge in [-0.2, -0.15) is 10.1 Å². The smallest absolute Gasteiger partial charge is 0.254 e. The Hall–Kier alpha value is -1.98. The Morgan fingerprint density at radius 3 is 3.00 bits per heavy atom. The van der Waals surface area contributed by atoms with E-state index >= 15 is 0 Å². The first-order valence-corrected chi connectivity index (χ1v) is 5.59. The van der Waals surface area contributed by atoms with E-state index in [0.29, 0.717) is 11.3 Å². The van der Waals surface area contributed by atoms with E-state index in [1.54, 1.807) is 4.52 Å². The zero-order valence-electron chi connectivity index (χ0n) is 10.1. The number of rotatable bonds is 3. The second-order valence-corrected chi connectivity index (χ2v) is 4.01. The molecule has 0 bridgehead atoms. The lowest BCUT2D eigenvalue weighted by Gasteiger charge is -2.12. The average molecular weight is 233 g/mol. The van der Waals surface area contributed by atoms with Crippen molar-refractivity contribution in [1.82, 2.24) is 24.9 Å². The Kier molecular flexibility index (Phi) is 3.03. The van der Waals surface area contributed by atoms with E-state index < -0.39 is 0 Å². The van der Waals surface area contributed by atoms with E-state index in [-0.39, 0.29) is 11.9 Å². The van der Waals surface area contributed by atoms with Crippen LogP contribution in [0.1, 0.15) is 36.3 Å². The molecular weight excluding hydrogens is 218 g/mol. The van der Waals surface area contributed by atoms with Gasteiger partial charge in [0.2, 0.25) is 0 Å². The van der Waals surface area contributed by atoms with Crippen molar-refractivity contribution in [2.24, 2.45) is 0 Å². The number of carbonyl (C=O) groups excluding carboxylic acids is 1. The number of nitrogens with one attached hydrogen (secondary N) is 1. The van der Waals surface area contributed by atoms with Crippen molar-refractivity contribution in [3.05, 3.63) is 23.8 Å². The van der Waals surface area contributed by atoms with E-state index in [9.17, 15) is 4.79 Å². The van der Waals surface area contributed by atoms with Crippen molar-refractivity contribution in [3.8, 4) is 0 Å². The van der Waals surface area contributed by atoms with Gasteiger partial charge in [0, 0.05) is 12.2 Å². The summed E-state index contributed by atoms with van der Waals surface area (Å²) in [5.41, 5.74) is 1.27. The van der Waals surface area contributed by atoms with Gasteiger partial charge in [0.25, 0.3) is 11.7 Å². The van der Waals surface area contributed by atoms with Gasteiger partial charge in [0.15, 0.2) is 0 Å². The molecule has 0 aliphatic rings. The number of hydrogen-bond acceptors (Lipinski definition) is 4. The molecule has 2 aromatic heterocycles. The van der Waals surface area contributed by atoms with Crippen LogP contribution in [0.2, 0.25) is 0 Å². The van der Waals surface area contributed by atoms with Gasteiger partial charge in [-0.1, -0.05) is 6.92 Å². The van der Waals surface area contributed by atoms with Gasteiger partial charge in [-0.05, 0) is 20.3 Å². The molecule has 0 aliphatic heterocycles. The Labute approximate surface area is 99.1 Å². The van der Waals surface area contributed by atoms with Crippen LogP contribution < -0.4 is 5.32 Å². The first kappa shape index (κ1) is 11.5. The van der Waals surface area contributed by atoms with E-state index in [0.717, 1.165) is 12.1 Å². The van der Waals surface area contributed by atoms with Crippen molar-refractivity contribution in [2.75, 3.05) is 0 Å². The molecular formula is C11H15N5O. The quantitative estimate of drug-likeness (QED) is 0.857. The molecule has 17 heavy (non-hydrogen) atoms. The molecule has 2 aromatic rings. The predicted octanol–water partition coefficient (Wildman–Crippen LogP) is 0.961. The van der Waals surface area contributed by atoms with Gasteiger partial charge in [-0.3, -0.25) is 4.79 Å². The summed E-state index contributed by atoms with van der Waals surface area (Å²) < 4.78 is 1.56. The number of hydrogen-bond donors (Lipinski definition) is 1. The second kappa shape index (κ2) is 4.48. The van der Waals surface area contributed by atoms with Gasteiger partial charge in [-0.25, -0.2) is 9.50 Å². The zero-order valence-corrected chi connectivity index (χ0v) is 10.1. The van der Waals surface area contributed by atoms with Crippen LogP contribution in [0.25, 0.3) is 5.78 Å². The Bertz CT molecular complexity index is 548. The maximum atomic E-state index is 12.0. The third-order valence-electron chi connectivity index (χ3n) is 2.78. The van der Waals surface area contributed by atoms with E-state index in [1.165, 1.54) is 12.5 Å². The SMILES string of the molecule is CCC(C)NC(=O)c1cnc2ncnn2c1C. The molecule has 0 aromatic carbocycles. The van der Waals surface area contributed by atoms with Gasteiger partial charge in [-0.15, -0.1) is 0 Å². The van der Waals surface area contributed by atoms with Crippen molar-refractivity contribution in [2.45, 2.75) is 33.2 Å². The predicted molar refractivity (Wildman–Crippen MR) is 62.7 cm³/mol. The highest BCUT2D eigenvalue weighted by Gasteiger charge is 2.14. The summed E-state index contributed by atoms with van der Waals surface area (Å²) in [6.45, 7) is 5.82. The van der Waals surface area contributed by atoms with Gasteiger partial charge in [0.1, 0.15) is 6.33 Å². The fraction of sp³-hybridized carbons (Fsp3) is 0.455. The lowest BCUT2D eigenvalue weighted by atomic mass is 10.2. The standard InChI is InChI=1S/C11H15N5O/c1-4-7(2)15-10(17)9-5-12-11-13-6-14-16(11)8(9)3/h5-7H,4H2,1-3H3,(H,15,17). The summed E-state index contributed by atoms with van der Waals surface area (Å²) in [5.74, 6) is 0.379. The molecule has 2 rings (SSSR count). The number of nitrogens with zero attached hydrogens (tertiary/aromatic N) is 4. The number of fused-ring (bicyclic) bond motifs is 1. The number of aromatic nitrogens is 4. The molecule has 1 N–H and O–H groups in total. The molecule has 90 valence electrons. The topological polar surface area (TPSA) is 72.2 Å². The van der Waals surface area contributed by atoms with E-state index in [2.05, 4.69) is 20.4 Å². The van der Waals surface area contributed by atoms with Crippen LogP contribution in [0.5, 0.6) is 0 Å². The minimum absolute atomic E-state index is 0.123. The molecule has 0 radical (unpaired) electrons. The van der Waals surface area contributed by atoms with Crippen LogP contribution in [-0.2, 0) is 0 Å². The highest BCUT2D eigenvalue weighted by atomic mass is 16.1. The molecule has 0 saturated carbocycles. The van der Waals surface area contributed by atoms with Gasteiger partial charge < -0.3 is 5.32 Å². The highest BCUT2D eigenvalue weighted by molar-refractivity contribution is 5.95. The van der Waals surface area contributed by atoms with Crippen molar-refractivity contribution < 1.29 is 4.79 Å². The largest absolute Gasteiger partial charge is 0.349 e. The molecule has 0 spiro atoms.